The van der Waals surface area contributed by atoms with E-state index in [9.17, 15) is 9.59 Å². The zero-order valence-electron chi connectivity index (χ0n) is 12.1. The summed E-state index contributed by atoms with van der Waals surface area (Å²) in [4.78, 5) is 23.1. The Kier molecular flexibility index (Phi) is 5.18. The molecule has 0 aliphatic rings. The number of nitrogens with one attached hydrogen (secondary N) is 1. The van der Waals surface area contributed by atoms with E-state index < -0.39 is 10.9 Å². The molecule has 2 rings (SSSR count). The highest BCUT2D eigenvalue weighted by molar-refractivity contribution is 6.31. The number of nitriles is 1. The molecule has 2 aromatic rings. The number of anilines is 1. The molecule has 0 spiro atoms. The molecule has 0 aliphatic heterocycles. The summed E-state index contributed by atoms with van der Waals surface area (Å²) < 4.78 is 5.34. The summed E-state index contributed by atoms with van der Waals surface area (Å²) in [7, 11) is 0. The first-order chi connectivity index (χ1) is 10.6. The van der Waals surface area contributed by atoms with Crippen LogP contribution in [0, 0.1) is 11.3 Å². The van der Waals surface area contributed by atoms with Crippen molar-refractivity contribution in [2.24, 2.45) is 0 Å². The van der Waals surface area contributed by atoms with Gasteiger partial charge >= 0.3 is 0 Å². The number of ether oxygens (including phenoxy) is 1. The molecule has 0 aromatic heterocycles. The SMILES string of the molecule is CCCCOc1c(NCc2c(Cl)cccc2C#N)c(=O)c1=O. The number of unbranched alkanes of at least 4 members (excludes halogenated alkanes) is 1. The maximum atomic E-state index is 11.6. The van der Waals surface area contributed by atoms with Gasteiger partial charge in [0, 0.05) is 17.1 Å². The molecule has 22 heavy (non-hydrogen) atoms. The van der Waals surface area contributed by atoms with Gasteiger partial charge in [0.2, 0.25) is 0 Å². The molecular formula is C16H15ClN2O3. The highest BCUT2D eigenvalue weighted by Crippen LogP contribution is 2.23. The van der Waals surface area contributed by atoms with Crippen LogP contribution in [0.3, 0.4) is 0 Å². The summed E-state index contributed by atoms with van der Waals surface area (Å²) in [6.07, 6.45) is 1.74. The van der Waals surface area contributed by atoms with Gasteiger partial charge in [0.1, 0.15) is 5.69 Å². The molecule has 0 saturated carbocycles. The van der Waals surface area contributed by atoms with Crippen LogP contribution in [0.2, 0.25) is 5.02 Å². The summed E-state index contributed by atoms with van der Waals surface area (Å²) in [5.41, 5.74) is -0.0494. The van der Waals surface area contributed by atoms with Gasteiger partial charge in [-0.05, 0) is 18.6 Å². The van der Waals surface area contributed by atoms with Gasteiger partial charge in [-0.2, -0.15) is 5.26 Å². The Hall–Kier alpha value is -2.32. The molecule has 0 heterocycles. The lowest BCUT2D eigenvalue weighted by atomic mass is 10.1. The van der Waals surface area contributed by atoms with E-state index >= 15 is 0 Å². The predicted octanol–water partition coefficient (Wildman–Crippen LogP) is 2.60. The van der Waals surface area contributed by atoms with Crippen molar-refractivity contribution in [1.82, 2.24) is 0 Å². The van der Waals surface area contributed by atoms with Gasteiger partial charge in [0.05, 0.1) is 18.2 Å². The molecule has 0 fully saturated rings. The van der Waals surface area contributed by atoms with Crippen LogP contribution in [0.1, 0.15) is 30.9 Å². The normalized spacial score (nSPS) is 10.4. The summed E-state index contributed by atoms with van der Waals surface area (Å²) in [5.74, 6) is 0.0732. The minimum Gasteiger partial charge on any atom is -0.487 e. The number of benzene rings is 1. The van der Waals surface area contributed by atoms with Crippen LogP contribution in [-0.2, 0) is 6.54 Å². The largest absolute Gasteiger partial charge is 0.487 e. The van der Waals surface area contributed by atoms with Crippen molar-refractivity contribution >= 4 is 17.3 Å². The van der Waals surface area contributed by atoms with Crippen molar-refractivity contribution in [3.63, 3.8) is 0 Å². The van der Waals surface area contributed by atoms with Crippen LogP contribution in [0.15, 0.2) is 27.8 Å². The lowest BCUT2D eigenvalue weighted by molar-refractivity contribution is 0.304. The third-order valence-electron chi connectivity index (χ3n) is 3.29. The Labute approximate surface area is 132 Å². The molecule has 6 heteroatoms. The quantitative estimate of drug-likeness (QED) is 0.627. The standard InChI is InChI=1S/C16H15ClN2O3/c1-2-3-7-22-16-13(14(20)15(16)21)19-9-11-10(8-18)5-4-6-12(11)17/h4-6,19H,2-3,7,9H2,1H3. The minimum atomic E-state index is -0.613. The molecule has 5 nitrogen and oxygen atoms in total. The van der Waals surface area contributed by atoms with E-state index in [0.29, 0.717) is 22.8 Å². The fraction of sp³-hybridized carbons (Fsp3) is 0.312. The van der Waals surface area contributed by atoms with E-state index in [2.05, 4.69) is 5.32 Å². The Balaban J connectivity index is 2.14. The van der Waals surface area contributed by atoms with E-state index in [4.69, 9.17) is 21.6 Å². The fourth-order valence-corrected chi connectivity index (χ4v) is 2.25. The van der Waals surface area contributed by atoms with Crippen LogP contribution < -0.4 is 20.9 Å². The molecule has 0 saturated heterocycles. The van der Waals surface area contributed by atoms with E-state index in [1.165, 1.54) is 0 Å². The topological polar surface area (TPSA) is 79.2 Å². The summed E-state index contributed by atoms with van der Waals surface area (Å²) >= 11 is 6.07. The first kappa shape index (κ1) is 16.1. The molecule has 1 N–H and O–H groups in total. The molecule has 0 amide bonds. The second kappa shape index (κ2) is 7.10. The summed E-state index contributed by atoms with van der Waals surface area (Å²) in [5, 5.41) is 12.4. The minimum absolute atomic E-state index is 0.0732. The molecular weight excluding hydrogens is 304 g/mol. The van der Waals surface area contributed by atoms with Crippen LogP contribution in [0.25, 0.3) is 0 Å². The number of halogens is 1. The smallest absolute Gasteiger partial charge is 0.272 e. The average Bonchev–Trinajstić information content (AvgIpc) is 2.53. The third kappa shape index (κ3) is 3.12. The van der Waals surface area contributed by atoms with Crippen molar-refractivity contribution < 1.29 is 4.74 Å². The molecule has 0 aliphatic carbocycles. The third-order valence-corrected chi connectivity index (χ3v) is 3.65. The van der Waals surface area contributed by atoms with Crippen LogP contribution in [-0.4, -0.2) is 6.61 Å². The first-order valence-electron chi connectivity index (χ1n) is 6.97. The van der Waals surface area contributed by atoms with Crippen molar-refractivity contribution in [2.75, 3.05) is 11.9 Å². The lowest BCUT2D eigenvalue weighted by Crippen LogP contribution is -2.36. The van der Waals surface area contributed by atoms with Gasteiger partial charge < -0.3 is 10.1 Å². The van der Waals surface area contributed by atoms with Gasteiger partial charge in [-0.25, -0.2) is 0 Å². The van der Waals surface area contributed by atoms with E-state index in [1.54, 1.807) is 18.2 Å². The van der Waals surface area contributed by atoms with Crippen LogP contribution in [0.4, 0.5) is 5.69 Å². The Morgan fingerprint density at radius 3 is 2.77 bits per heavy atom. The lowest BCUT2D eigenvalue weighted by Gasteiger charge is -2.15. The zero-order chi connectivity index (χ0) is 16.1. The van der Waals surface area contributed by atoms with Crippen molar-refractivity contribution in [2.45, 2.75) is 26.3 Å². The number of hydrogen-bond donors (Lipinski definition) is 1. The molecule has 0 radical (unpaired) electrons. The molecule has 0 bridgehead atoms. The highest BCUT2D eigenvalue weighted by atomic mass is 35.5. The summed E-state index contributed by atoms with van der Waals surface area (Å²) in [6.45, 7) is 2.58. The highest BCUT2D eigenvalue weighted by Gasteiger charge is 2.22. The van der Waals surface area contributed by atoms with Crippen molar-refractivity contribution in [3.05, 3.63) is 54.8 Å². The van der Waals surface area contributed by atoms with Crippen molar-refractivity contribution in [3.8, 4) is 11.8 Å². The second-order valence-corrected chi connectivity index (χ2v) is 5.20. The Morgan fingerprint density at radius 1 is 1.32 bits per heavy atom. The molecule has 0 unspecified atom stereocenters. The van der Waals surface area contributed by atoms with Crippen LogP contribution in [0.5, 0.6) is 5.75 Å². The zero-order valence-corrected chi connectivity index (χ0v) is 12.9. The van der Waals surface area contributed by atoms with Gasteiger partial charge in [-0.1, -0.05) is 31.0 Å². The van der Waals surface area contributed by atoms with E-state index in [1.807, 2.05) is 13.0 Å². The Bertz CT molecular complexity index is 786. The number of hydrogen-bond acceptors (Lipinski definition) is 5. The summed E-state index contributed by atoms with van der Waals surface area (Å²) in [6, 6.07) is 7.04. The van der Waals surface area contributed by atoms with E-state index in [0.717, 1.165) is 12.8 Å². The van der Waals surface area contributed by atoms with Gasteiger partial charge in [-0.15, -0.1) is 0 Å². The predicted molar refractivity (Wildman–Crippen MR) is 85.3 cm³/mol. The van der Waals surface area contributed by atoms with Gasteiger partial charge in [-0.3, -0.25) is 9.59 Å². The molecule has 0 atom stereocenters. The fourth-order valence-electron chi connectivity index (χ4n) is 2.01. The monoisotopic (exact) mass is 318 g/mol. The average molecular weight is 319 g/mol. The first-order valence-corrected chi connectivity index (χ1v) is 7.35. The number of nitrogens with zero attached hydrogens (tertiary/aromatic N) is 1. The Morgan fingerprint density at radius 2 is 2.09 bits per heavy atom. The maximum absolute atomic E-state index is 11.6. The van der Waals surface area contributed by atoms with E-state index in [-0.39, 0.29) is 18.0 Å². The molecule has 114 valence electrons. The molecule has 2 aromatic carbocycles. The second-order valence-electron chi connectivity index (χ2n) is 4.80. The maximum Gasteiger partial charge on any atom is 0.272 e. The number of rotatable bonds is 7. The van der Waals surface area contributed by atoms with Gasteiger partial charge in [0.15, 0.2) is 5.75 Å². The van der Waals surface area contributed by atoms with Crippen molar-refractivity contribution in [1.29, 1.82) is 5.26 Å². The van der Waals surface area contributed by atoms with Crippen LogP contribution >= 0.6 is 11.6 Å². The van der Waals surface area contributed by atoms with Gasteiger partial charge in [0.25, 0.3) is 10.9 Å².